The summed E-state index contributed by atoms with van der Waals surface area (Å²) in [5, 5.41) is 2.43. The van der Waals surface area contributed by atoms with Gasteiger partial charge in [-0.25, -0.2) is 27.2 Å². The molecule has 2 aromatic heterocycles. The van der Waals surface area contributed by atoms with Gasteiger partial charge < -0.3 is 5.32 Å². The van der Waals surface area contributed by atoms with Gasteiger partial charge in [0.15, 0.2) is 0 Å². The van der Waals surface area contributed by atoms with Crippen LogP contribution < -0.4 is 5.32 Å². The Hall–Kier alpha value is -3.04. The molecule has 1 aromatic carbocycles. The molecule has 0 radical (unpaired) electrons. The Labute approximate surface area is 222 Å². The second-order valence-corrected chi connectivity index (χ2v) is 11.2. The average Bonchev–Trinajstić information content (AvgIpc) is 3.18. The van der Waals surface area contributed by atoms with E-state index in [9.17, 15) is 35.2 Å². The minimum Gasteiger partial charge on any atom is -0.351 e. The zero-order chi connectivity index (χ0) is 27.8. The summed E-state index contributed by atoms with van der Waals surface area (Å²) in [6, 6.07) is 4.33. The maximum absolute atomic E-state index is 14.6. The predicted molar refractivity (Wildman–Crippen MR) is 128 cm³/mol. The molecule has 1 fully saturated rings. The molecule has 1 saturated heterocycles. The van der Waals surface area contributed by atoms with Gasteiger partial charge in [0.2, 0.25) is 21.8 Å². The molecule has 0 saturated carbocycles. The molecule has 8 nitrogen and oxygen atoms in total. The SMILES string of the molecule is C[C@H]1[C@H](F)C[C@@H](C(=O)NCc2cc(-c3cnc(C(F)(F)F)nc3)ncc2F)N1S(=O)(=O)c1ccc(Br)cc1. The van der Waals surface area contributed by atoms with Crippen LogP contribution in [-0.2, 0) is 27.5 Å². The molecule has 0 aliphatic carbocycles. The quantitative estimate of drug-likeness (QED) is 0.413. The number of carbonyl (C=O) groups excluding carboxylic acids is 1. The van der Waals surface area contributed by atoms with Gasteiger partial charge in [0.25, 0.3) is 0 Å². The van der Waals surface area contributed by atoms with Gasteiger partial charge in [-0.05, 0) is 37.3 Å². The van der Waals surface area contributed by atoms with E-state index in [1.54, 1.807) is 0 Å². The van der Waals surface area contributed by atoms with E-state index in [-0.39, 0.29) is 21.7 Å². The number of pyridine rings is 1. The molecule has 1 amide bonds. The van der Waals surface area contributed by atoms with Gasteiger partial charge in [-0.1, -0.05) is 15.9 Å². The highest BCUT2D eigenvalue weighted by molar-refractivity contribution is 9.10. The van der Waals surface area contributed by atoms with Crippen molar-refractivity contribution in [2.45, 2.75) is 49.2 Å². The van der Waals surface area contributed by atoms with Crippen molar-refractivity contribution >= 4 is 31.9 Å². The molecule has 1 aliphatic rings. The van der Waals surface area contributed by atoms with Crippen molar-refractivity contribution in [3.8, 4) is 11.3 Å². The number of sulfonamides is 1. The number of rotatable bonds is 6. The third kappa shape index (κ3) is 5.68. The fourth-order valence-electron chi connectivity index (χ4n) is 3.98. The summed E-state index contributed by atoms with van der Waals surface area (Å²) in [5.41, 5.74) is 0.0257. The van der Waals surface area contributed by atoms with Crippen LogP contribution in [0.5, 0.6) is 0 Å². The van der Waals surface area contributed by atoms with Crippen molar-refractivity contribution in [1.29, 1.82) is 0 Å². The number of aromatic nitrogens is 3. The molecule has 0 spiro atoms. The van der Waals surface area contributed by atoms with Gasteiger partial charge in [0.1, 0.15) is 18.0 Å². The smallest absolute Gasteiger partial charge is 0.351 e. The molecule has 3 atom stereocenters. The average molecular weight is 620 g/mol. The van der Waals surface area contributed by atoms with Crippen LogP contribution in [0, 0.1) is 5.82 Å². The highest BCUT2D eigenvalue weighted by Gasteiger charge is 2.49. The van der Waals surface area contributed by atoms with Crippen LogP contribution in [0.4, 0.5) is 22.0 Å². The van der Waals surface area contributed by atoms with Gasteiger partial charge in [0, 0.05) is 41.0 Å². The van der Waals surface area contributed by atoms with Crippen LogP contribution in [0.1, 0.15) is 24.7 Å². The van der Waals surface area contributed by atoms with E-state index in [0.29, 0.717) is 4.47 Å². The van der Waals surface area contributed by atoms with E-state index in [4.69, 9.17) is 0 Å². The molecule has 15 heteroatoms. The molecule has 202 valence electrons. The van der Waals surface area contributed by atoms with E-state index in [0.717, 1.165) is 22.9 Å². The van der Waals surface area contributed by atoms with Crippen LogP contribution in [0.25, 0.3) is 11.3 Å². The summed E-state index contributed by atoms with van der Waals surface area (Å²) in [6.45, 7) is 0.935. The zero-order valence-corrected chi connectivity index (χ0v) is 21.9. The van der Waals surface area contributed by atoms with Crippen LogP contribution >= 0.6 is 15.9 Å². The normalized spacial score (nSPS) is 20.4. The maximum Gasteiger partial charge on any atom is 0.451 e. The Morgan fingerprint density at radius 2 is 1.76 bits per heavy atom. The number of hydrogen-bond donors (Lipinski definition) is 1. The number of hydrogen-bond acceptors (Lipinski definition) is 6. The van der Waals surface area contributed by atoms with E-state index in [1.165, 1.54) is 37.3 Å². The van der Waals surface area contributed by atoms with E-state index in [1.807, 2.05) is 0 Å². The van der Waals surface area contributed by atoms with E-state index in [2.05, 4.69) is 36.2 Å². The number of benzene rings is 1. The van der Waals surface area contributed by atoms with Crippen LogP contribution in [0.3, 0.4) is 0 Å². The lowest BCUT2D eigenvalue weighted by Crippen LogP contribution is -2.48. The van der Waals surface area contributed by atoms with Crippen molar-refractivity contribution in [2.75, 3.05) is 0 Å². The molecule has 38 heavy (non-hydrogen) atoms. The second-order valence-electron chi connectivity index (χ2n) is 8.47. The first kappa shape index (κ1) is 28.0. The zero-order valence-electron chi connectivity index (χ0n) is 19.5. The molecule has 4 rings (SSSR count). The Morgan fingerprint density at radius 1 is 1.13 bits per heavy atom. The minimum atomic E-state index is -4.74. The second kappa shape index (κ2) is 10.6. The van der Waals surface area contributed by atoms with Crippen molar-refractivity contribution in [2.24, 2.45) is 0 Å². The summed E-state index contributed by atoms with van der Waals surface area (Å²) >= 11 is 3.21. The first-order chi connectivity index (χ1) is 17.8. The Bertz CT molecular complexity index is 1440. The Morgan fingerprint density at radius 3 is 2.37 bits per heavy atom. The van der Waals surface area contributed by atoms with Crippen LogP contribution in [0.15, 0.2) is 58.3 Å². The van der Waals surface area contributed by atoms with Gasteiger partial charge in [-0.15, -0.1) is 0 Å². The fraction of sp³-hybridized carbons (Fsp3) is 0.304. The molecule has 0 unspecified atom stereocenters. The summed E-state index contributed by atoms with van der Waals surface area (Å²) in [5.74, 6) is -3.02. The largest absolute Gasteiger partial charge is 0.451 e. The number of nitrogens with zero attached hydrogens (tertiary/aromatic N) is 4. The van der Waals surface area contributed by atoms with Crippen molar-refractivity contribution in [3.63, 3.8) is 0 Å². The molecule has 3 heterocycles. The van der Waals surface area contributed by atoms with Gasteiger partial charge in [0.05, 0.1) is 22.8 Å². The Balaban J connectivity index is 1.53. The summed E-state index contributed by atoms with van der Waals surface area (Å²) in [7, 11) is -4.25. The molecule has 1 aliphatic heterocycles. The molecule has 1 N–H and O–H groups in total. The third-order valence-electron chi connectivity index (χ3n) is 5.96. The first-order valence-corrected chi connectivity index (χ1v) is 13.3. The highest BCUT2D eigenvalue weighted by Crippen LogP contribution is 2.34. The topological polar surface area (TPSA) is 105 Å². The fourth-order valence-corrected chi connectivity index (χ4v) is 6.05. The van der Waals surface area contributed by atoms with E-state index >= 15 is 0 Å². The van der Waals surface area contributed by atoms with Crippen molar-refractivity contribution in [1.82, 2.24) is 24.6 Å². The minimum absolute atomic E-state index is 0.0436. The lowest BCUT2D eigenvalue weighted by Gasteiger charge is -2.27. The Kier molecular flexibility index (Phi) is 7.81. The molecular formula is C23H19BrF5N5O3S. The van der Waals surface area contributed by atoms with E-state index < -0.39 is 65.0 Å². The first-order valence-electron chi connectivity index (χ1n) is 11.0. The summed E-state index contributed by atoms with van der Waals surface area (Å²) in [4.78, 5) is 23.2. The molecular weight excluding hydrogens is 601 g/mol. The predicted octanol–water partition coefficient (Wildman–Crippen LogP) is 4.27. The number of halogens is 6. The summed E-state index contributed by atoms with van der Waals surface area (Å²) in [6.07, 6.45) is -4.17. The number of alkyl halides is 4. The standard InChI is InChI=1S/C23H19BrF5N5O3S/c1-12-17(25)7-20(34(12)38(36,37)16-4-2-15(24)3-5-16)21(35)31-8-13-6-19(30-11-18(13)26)14-9-32-22(33-10-14)23(27,28)29/h2-6,9-12,17,20H,7-8H2,1H3,(H,31,35)/t12-,17+,20-/m0/s1. The van der Waals surface area contributed by atoms with Crippen molar-refractivity contribution < 1.29 is 35.2 Å². The van der Waals surface area contributed by atoms with Gasteiger partial charge in [-0.3, -0.25) is 9.78 Å². The maximum atomic E-state index is 14.6. The summed E-state index contributed by atoms with van der Waals surface area (Å²) < 4.78 is 95.1. The van der Waals surface area contributed by atoms with Crippen molar-refractivity contribution in [3.05, 3.63) is 70.6 Å². The monoisotopic (exact) mass is 619 g/mol. The van der Waals surface area contributed by atoms with Crippen LogP contribution in [-0.4, -0.2) is 51.8 Å². The molecule has 0 bridgehead atoms. The number of carbonyl (C=O) groups is 1. The number of amides is 1. The van der Waals surface area contributed by atoms with Crippen LogP contribution in [0.2, 0.25) is 0 Å². The lowest BCUT2D eigenvalue weighted by molar-refractivity contribution is -0.145. The number of nitrogens with one attached hydrogen (secondary N) is 1. The lowest BCUT2D eigenvalue weighted by atomic mass is 10.1. The highest BCUT2D eigenvalue weighted by atomic mass is 79.9. The molecule has 3 aromatic rings. The van der Waals surface area contributed by atoms with Gasteiger partial charge in [-0.2, -0.15) is 17.5 Å². The third-order valence-corrected chi connectivity index (χ3v) is 8.50. The van der Waals surface area contributed by atoms with Gasteiger partial charge >= 0.3 is 6.18 Å².